The van der Waals surface area contributed by atoms with Crippen LogP contribution in [0, 0.1) is 0 Å². The summed E-state index contributed by atoms with van der Waals surface area (Å²) >= 11 is 0. The summed E-state index contributed by atoms with van der Waals surface area (Å²) in [5, 5.41) is 0. The quantitative estimate of drug-likeness (QED) is 0.583. The molecule has 4 nitrogen and oxygen atoms in total. The van der Waals surface area contributed by atoms with Gasteiger partial charge in [0.2, 0.25) is 0 Å². The summed E-state index contributed by atoms with van der Waals surface area (Å²) in [4.78, 5) is 23.4. The molecule has 1 heterocycles. The zero-order valence-corrected chi connectivity index (χ0v) is 7.87. The molecule has 0 atom stereocenters. The van der Waals surface area contributed by atoms with Gasteiger partial charge in [-0.05, 0) is 20.8 Å². The maximum atomic E-state index is 11.8. The van der Waals surface area contributed by atoms with Crippen molar-refractivity contribution in [1.82, 2.24) is 9.13 Å². The van der Waals surface area contributed by atoms with E-state index >= 15 is 0 Å². The van der Waals surface area contributed by atoms with Crippen LogP contribution in [0.1, 0.15) is 24.9 Å². The summed E-state index contributed by atoms with van der Waals surface area (Å²) in [7, 11) is 0. The number of hydrogen-bond donors (Lipinski definition) is 0. The molecule has 0 fully saturated rings. The van der Waals surface area contributed by atoms with Crippen LogP contribution < -0.4 is 11.2 Å². The van der Waals surface area contributed by atoms with E-state index < -0.39 is 23.8 Å². The molecule has 0 aliphatic carbocycles. The van der Waals surface area contributed by atoms with Gasteiger partial charge in [0.15, 0.2) is 0 Å². The monoisotopic (exact) mass is 185 g/mol. The van der Waals surface area contributed by atoms with Crippen LogP contribution in [0.15, 0.2) is 21.9 Å². The second kappa shape index (κ2) is 2.87. The first kappa shape index (κ1) is 6.18. The zero-order chi connectivity index (χ0) is 12.7. The molecule has 0 radical (unpaired) electrons. The summed E-state index contributed by atoms with van der Waals surface area (Å²) in [5.41, 5.74) is -2.07. The van der Waals surface area contributed by atoms with E-state index in [0.29, 0.717) is 4.57 Å². The fourth-order valence-electron chi connectivity index (χ4n) is 1.10. The maximum absolute atomic E-state index is 11.8. The number of aromatic nitrogens is 2. The van der Waals surface area contributed by atoms with Crippen molar-refractivity contribution in [1.29, 1.82) is 0 Å². The van der Waals surface area contributed by atoms with Crippen molar-refractivity contribution in [3.8, 4) is 0 Å². The van der Waals surface area contributed by atoms with Crippen LogP contribution in [-0.4, -0.2) is 9.13 Å². The average molecular weight is 185 g/mol. The first-order valence-electron chi connectivity index (χ1n) is 5.41. The first-order valence-corrected chi connectivity index (χ1v) is 3.91. The van der Waals surface area contributed by atoms with Crippen molar-refractivity contribution >= 4 is 0 Å². The molecule has 0 N–H and O–H groups in total. The second-order valence-electron chi connectivity index (χ2n) is 3.81. The van der Waals surface area contributed by atoms with Crippen molar-refractivity contribution in [3.63, 3.8) is 0 Å². The molecule has 0 aliphatic heterocycles. The molecule has 0 saturated heterocycles. The third-order valence-electron chi connectivity index (χ3n) is 1.65. The highest BCUT2D eigenvalue weighted by Gasteiger charge is 2.17. The molecule has 0 amide bonds. The minimum Gasteiger partial charge on any atom is -0.303 e. The van der Waals surface area contributed by atoms with Crippen molar-refractivity contribution in [2.45, 2.75) is 26.3 Å². The average Bonchev–Trinajstić information content (AvgIpc) is 1.97. The highest BCUT2D eigenvalue weighted by atomic mass is 16.2. The maximum Gasteiger partial charge on any atom is 0.331 e. The molecule has 0 spiro atoms. The SMILES string of the molecule is [2H]C([2H])([2H])n1ccc(=O)n(C(C)(C)C)c1=O. The molecule has 0 saturated carbocycles. The molecule has 1 aromatic rings. The number of rotatable bonds is 0. The lowest BCUT2D eigenvalue weighted by molar-refractivity contribution is 0.358. The van der Waals surface area contributed by atoms with Gasteiger partial charge in [-0.15, -0.1) is 0 Å². The Morgan fingerprint density at radius 2 is 2.00 bits per heavy atom. The molecule has 4 heteroatoms. The van der Waals surface area contributed by atoms with Crippen molar-refractivity contribution in [3.05, 3.63) is 33.1 Å². The summed E-state index contributed by atoms with van der Waals surface area (Å²) in [5.74, 6) is 0. The predicted molar refractivity (Wildman–Crippen MR) is 50.9 cm³/mol. The molecule has 0 aromatic carbocycles. The van der Waals surface area contributed by atoms with Crippen LogP contribution in [0.5, 0.6) is 0 Å². The van der Waals surface area contributed by atoms with Gasteiger partial charge in [-0.3, -0.25) is 9.36 Å². The topological polar surface area (TPSA) is 44.0 Å². The Kier molecular flexibility index (Phi) is 1.36. The highest BCUT2D eigenvalue weighted by molar-refractivity contribution is 4.90. The van der Waals surface area contributed by atoms with Gasteiger partial charge in [0.25, 0.3) is 5.56 Å². The summed E-state index contributed by atoms with van der Waals surface area (Å²) in [6, 6.07) is 1.08. The Labute approximate surface area is 80.7 Å². The number of hydrogen-bond acceptors (Lipinski definition) is 2. The van der Waals surface area contributed by atoms with Crippen LogP contribution >= 0.6 is 0 Å². The van der Waals surface area contributed by atoms with E-state index in [2.05, 4.69) is 0 Å². The summed E-state index contributed by atoms with van der Waals surface area (Å²) in [6.45, 7) is 2.43. The third kappa shape index (κ3) is 1.71. The van der Waals surface area contributed by atoms with E-state index in [9.17, 15) is 9.59 Å². The molecule has 0 aliphatic rings. The Hall–Kier alpha value is -1.32. The first-order chi connectivity index (χ1) is 7.05. The van der Waals surface area contributed by atoms with Gasteiger partial charge in [0, 0.05) is 28.9 Å². The van der Waals surface area contributed by atoms with Crippen LogP contribution in [0.4, 0.5) is 0 Å². The fraction of sp³-hybridized carbons (Fsp3) is 0.556. The largest absolute Gasteiger partial charge is 0.331 e. The minimum atomic E-state index is -2.57. The summed E-state index contributed by atoms with van der Waals surface area (Å²) in [6.07, 6.45) is 1.000. The van der Waals surface area contributed by atoms with Crippen LogP contribution in [0.2, 0.25) is 0 Å². The lowest BCUT2D eigenvalue weighted by Crippen LogP contribution is -2.46. The van der Waals surface area contributed by atoms with Crippen LogP contribution in [0.25, 0.3) is 0 Å². The van der Waals surface area contributed by atoms with E-state index in [1.54, 1.807) is 20.8 Å². The lowest BCUT2D eigenvalue weighted by atomic mass is 10.1. The Balaban J connectivity index is 3.66. The molecule has 1 rings (SSSR count). The van der Waals surface area contributed by atoms with Gasteiger partial charge in [-0.2, -0.15) is 0 Å². The van der Waals surface area contributed by atoms with Crippen LogP contribution in [-0.2, 0) is 12.5 Å². The Bertz CT molecular complexity index is 505. The Morgan fingerprint density at radius 1 is 1.38 bits per heavy atom. The minimum absolute atomic E-state index is 0.502. The standard InChI is InChI=1S/C9H14N2O2/c1-9(2,3)11-7(12)5-6-10(4)8(11)13/h5-6H,1-4H3/i4D3. The molecule has 0 unspecified atom stereocenters. The van der Waals surface area contributed by atoms with E-state index in [1.807, 2.05) is 0 Å². The van der Waals surface area contributed by atoms with E-state index in [0.717, 1.165) is 16.8 Å². The smallest absolute Gasteiger partial charge is 0.303 e. The second-order valence-corrected chi connectivity index (χ2v) is 3.81. The third-order valence-corrected chi connectivity index (χ3v) is 1.65. The number of aryl methyl sites for hydroxylation is 1. The fourth-order valence-corrected chi connectivity index (χ4v) is 1.10. The molecule has 72 valence electrons. The van der Waals surface area contributed by atoms with E-state index in [-0.39, 0.29) is 0 Å². The van der Waals surface area contributed by atoms with Crippen LogP contribution in [0.3, 0.4) is 0 Å². The van der Waals surface area contributed by atoms with Crippen molar-refractivity contribution in [2.24, 2.45) is 6.98 Å². The van der Waals surface area contributed by atoms with Gasteiger partial charge in [-0.25, -0.2) is 4.79 Å². The van der Waals surface area contributed by atoms with Gasteiger partial charge in [0.05, 0.1) is 0 Å². The molecule has 13 heavy (non-hydrogen) atoms. The number of nitrogens with zero attached hydrogens (tertiary/aromatic N) is 2. The lowest BCUT2D eigenvalue weighted by Gasteiger charge is -2.21. The van der Waals surface area contributed by atoms with Gasteiger partial charge < -0.3 is 4.57 Å². The molecular weight excluding hydrogens is 168 g/mol. The predicted octanol–water partition coefficient (Wildman–Crippen LogP) is 0.302. The summed E-state index contributed by atoms with van der Waals surface area (Å²) < 4.78 is 23.0. The highest BCUT2D eigenvalue weighted by Crippen LogP contribution is 2.06. The van der Waals surface area contributed by atoms with Crippen molar-refractivity contribution in [2.75, 3.05) is 0 Å². The van der Waals surface area contributed by atoms with E-state index in [4.69, 9.17) is 4.11 Å². The van der Waals surface area contributed by atoms with E-state index in [1.165, 1.54) is 0 Å². The normalized spacial score (nSPS) is 16.1. The molecule has 1 aromatic heterocycles. The van der Waals surface area contributed by atoms with Gasteiger partial charge in [-0.1, -0.05) is 0 Å². The van der Waals surface area contributed by atoms with Gasteiger partial charge >= 0.3 is 5.69 Å². The van der Waals surface area contributed by atoms with Crippen molar-refractivity contribution < 1.29 is 4.11 Å². The Morgan fingerprint density at radius 3 is 2.46 bits per heavy atom. The zero-order valence-electron chi connectivity index (χ0n) is 10.9. The molecular formula is C9H14N2O2. The molecule has 0 bridgehead atoms. The van der Waals surface area contributed by atoms with Gasteiger partial charge in [0.1, 0.15) is 0 Å².